The van der Waals surface area contributed by atoms with E-state index in [0.29, 0.717) is 5.56 Å². The zero-order chi connectivity index (χ0) is 35.9. The van der Waals surface area contributed by atoms with E-state index in [0.717, 1.165) is 15.3 Å². The molecule has 14 heteroatoms. The van der Waals surface area contributed by atoms with Gasteiger partial charge in [-0.25, -0.2) is 12.8 Å². The molecule has 11 nitrogen and oxygen atoms in total. The minimum Gasteiger partial charge on any atom is -0.495 e. The van der Waals surface area contributed by atoms with Crippen molar-refractivity contribution in [3.05, 3.63) is 129 Å². The lowest BCUT2D eigenvalue weighted by Gasteiger charge is -2.34. The number of aryl methyl sites for hydroxylation is 1. The van der Waals surface area contributed by atoms with Gasteiger partial charge in [0, 0.05) is 41.2 Å². The number of nitro benzene ring substituents is 1. The van der Waals surface area contributed by atoms with Crippen LogP contribution in [0.3, 0.4) is 0 Å². The first-order valence-corrected chi connectivity index (χ1v) is 17.0. The van der Waals surface area contributed by atoms with Crippen molar-refractivity contribution in [2.24, 2.45) is 0 Å². The monoisotopic (exact) mass is 710 g/mol. The third kappa shape index (κ3) is 8.92. The molecule has 0 aliphatic carbocycles. The van der Waals surface area contributed by atoms with Gasteiger partial charge in [0.25, 0.3) is 15.7 Å². The van der Waals surface area contributed by atoms with Crippen LogP contribution in [0.25, 0.3) is 0 Å². The lowest BCUT2D eigenvalue weighted by molar-refractivity contribution is -0.385. The highest BCUT2D eigenvalue weighted by molar-refractivity contribution is 7.92. The largest absolute Gasteiger partial charge is 0.495 e. The third-order valence-corrected chi connectivity index (χ3v) is 9.65. The Hall–Kier alpha value is -5.01. The predicted octanol–water partition coefficient (Wildman–Crippen LogP) is 6.06. The summed E-state index contributed by atoms with van der Waals surface area (Å²) in [7, 11) is -3.44. The summed E-state index contributed by atoms with van der Waals surface area (Å²) in [6.07, 6.45) is 0.0248. The van der Waals surface area contributed by atoms with Gasteiger partial charge >= 0.3 is 0 Å². The molecule has 258 valence electrons. The van der Waals surface area contributed by atoms with Crippen LogP contribution in [0.4, 0.5) is 15.8 Å². The molecule has 4 aromatic carbocycles. The van der Waals surface area contributed by atoms with Crippen LogP contribution in [0.15, 0.2) is 95.9 Å². The molecule has 0 aromatic heterocycles. The highest BCUT2D eigenvalue weighted by atomic mass is 35.5. The molecule has 0 radical (unpaired) electrons. The van der Waals surface area contributed by atoms with E-state index in [2.05, 4.69) is 5.32 Å². The van der Waals surface area contributed by atoms with Crippen LogP contribution in [0.2, 0.25) is 5.02 Å². The quantitative estimate of drug-likeness (QED) is 0.124. The van der Waals surface area contributed by atoms with Crippen LogP contribution < -0.4 is 14.4 Å². The van der Waals surface area contributed by atoms with Crippen LogP contribution >= 0.6 is 11.6 Å². The minimum absolute atomic E-state index is 0.0248. The predicted molar refractivity (Wildman–Crippen MR) is 185 cm³/mol. The smallest absolute Gasteiger partial charge is 0.273 e. The molecule has 0 bridgehead atoms. The second-order valence-corrected chi connectivity index (χ2v) is 13.8. The molecule has 2 amide bonds. The molecule has 49 heavy (non-hydrogen) atoms. The summed E-state index contributed by atoms with van der Waals surface area (Å²) < 4.78 is 50.1. The topological polar surface area (TPSA) is 139 Å². The summed E-state index contributed by atoms with van der Waals surface area (Å²) in [5, 5.41) is 14.7. The summed E-state index contributed by atoms with van der Waals surface area (Å²) in [6.45, 7) is 3.67. The first-order chi connectivity index (χ1) is 23.2. The number of methoxy groups -OCH3 is 1. The Kier molecular flexibility index (Phi) is 12.0. The highest BCUT2D eigenvalue weighted by Gasteiger charge is 2.36. The molecule has 1 N–H and O–H groups in total. The van der Waals surface area contributed by atoms with E-state index in [1.807, 2.05) is 0 Å². The zero-order valence-electron chi connectivity index (χ0n) is 27.3. The van der Waals surface area contributed by atoms with Gasteiger partial charge in [0.2, 0.25) is 11.8 Å². The lowest BCUT2D eigenvalue weighted by Crippen LogP contribution is -2.54. The van der Waals surface area contributed by atoms with Crippen molar-refractivity contribution in [1.29, 1.82) is 0 Å². The molecule has 4 aromatic rings. The van der Waals surface area contributed by atoms with Gasteiger partial charge in [-0.2, -0.15) is 0 Å². The fourth-order valence-electron chi connectivity index (χ4n) is 5.19. The molecule has 0 saturated heterocycles. The number of amides is 2. The first kappa shape index (κ1) is 36.8. The minimum atomic E-state index is -4.74. The number of ether oxygens (including phenoxy) is 1. The average Bonchev–Trinajstić information content (AvgIpc) is 3.05. The molecule has 1 atom stereocenters. The van der Waals surface area contributed by atoms with Gasteiger partial charge in [-0.15, -0.1) is 0 Å². The van der Waals surface area contributed by atoms with Crippen molar-refractivity contribution in [3.63, 3.8) is 0 Å². The first-order valence-electron chi connectivity index (χ1n) is 15.2. The molecule has 0 heterocycles. The molecule has 0 spiro atoms. The fourth-order valence-corrected chi connectivity index (χ4v) is 6.79. The SMILES string of the molecule is COc1ccc(Cl)cc1N(CC(=O)N(Cc1ccccc1F)[C@H](Cc1ccccc1)C(=O)NC(C)C)S(=O)(=O)c1ccc(C)c([N+](=O)[O-])c1. The van der Waals surface area contributed by atoms with E-state index in [1.54, 1.807) is 50.2 Å². The number of hydrogen-bond acceptors (Lipinski definition) is 7. The van der Waals surface area contributed by atoms with E-state index in [4.69, 9.17) is 16.3 Å². The summed E-state index contributed by atoms with van der Waals surface area (Å²) >= 11 is 6.30. The van der Waals surface area contributed by atoms with Crippen molar-refractivity contribution < 1.29 is 32.1 Å². The molecule has 0 fully saturated rings. The fraction of sp³-hybridized carbons (Fsp3) is 0.257. The van der Waals surface area contributed by atoms with Gasteiger partial charge in [-0.05, 0) is 56.7 Å². The van der Waals surface area contributed by atoms with Crippen LogP contribution in [0, 0.1) is 22.9 Å². The molecule has 0 unspecified atom stereocenters. The number of nitro groups is 1. The number of halogens is 2. The lowest BCUT2D eigenvalue weighted by atomic mass is 10.0. The summed E-state index contributed by atoms with van der Waals surface area (Å²) in [5.74, 6) is -2.00. The maximum atomic E-state index is 15.1. The number of carbonyl (C=O) groups is 2. The Morgan fingerprint density at radius 1 is 1.00 bits per heavy atom. The van der Waals surface area contributed by atoms with Crippen LogP contribution in [0.5, 0.6) is 5.75 Å². The van der Waals surface area contributed by atoms with Crippen molar-refractivity contribution in [1.82, 2.24) is 10.2 Å². The Bertz CT molecular complexity index is 1940. The van der Waals surface area contributed by atoms with E-state index in [-0.39, 0.29) is 46.6 Å². The summed E-state index contributed by atoms with van der Waals surface area (Å²) in [6, 6.07) is 20.7. The number of carbonyl (C=O) groups excluding carboxylic acids is 2. The van der Waals surface area contributed by atoms with Crippen molar-refractivity contribution in [2.45, 2.75) is 50.7 Å². The number of anilines is 1. The Morgan fingerprint density at radius 3 is 2.31 bits per heavy atom. The van der Waals surface area contributed by atoms with Crippen LogP contribution in [-0.4, -0.2) is 55.8 Å². The molecule has 0 saturated carbocycles. The van der Waals surface area contributed by atoms with Crippen LogP contribution in [-0.2, 0) is 32.6 Å². The average molecular weight is 711 g/mol. The zero-order valence-corrected chi connectivity index (χ0v) is 28.9. The van der Waals surface area contributed by atoms with Crippen molar-refractivity contribution in [2.75, 3.05) is 18.0 Å². The number of sulfonamides is 1. The number of benzene rings is 4. The summed E-state index contributed by atoms with van der Waals surface area (Å²) in [5.41, 5.74) is 0.437. The Morgan fingerprint density at radius 2 is 1.67 bits per heavy atom. The van der Waals surface area contributed by atoms with Crippen LogP contribution in [0.1, 0.15) is 30.5 Å². The van der Waals surface area contributed by atoms with Gasteiger partial charge in [-0.3, -0.25) is 24.0 Å². The summed E-state index contributed by atoms with van der Waals surface area (Å²) in [4.78, 5) is 40.1. The maximum absolute atomic E-state index is 15.1. The van der Waals surface area contributed by atoms with E-state index in [1.165, 1.54) is 62.6 Å². The standard InChI is InChI=1S/C35H36ClFN4O7S/c1-23(2)38-35(43)32(18-25-10-6-5-7-11-25)39(21-26-12-8-9-13-29(26)37)34(42)22-40(31-19-27(36)15-17-33(31)48-4)49(46,47)28-16-14-24(3)30(20-28)41(44)45/h5-17,19-20,23,32H,18,21-22H2,1-4H3,(H,38,43)/t32-/m1/s1. The number of nitrogens with one attached hydrogen (secondary N) is 1. The molecule has 0 aliphatic rings. The second-order valence-electron chi connectivity index (χ2n) is 11.5. The van der Waals surface area contributed by atoms with Gasteiger partial charge in [-0.1, -0.05) is 66.2 Å². The molecular weight excluding hydrogens is 675 g/mol. The number of rotatable bonds is 14. The van der Waals surface area contributed by atoms with Crippen molar-refractivity contribution in [3.8, 4) is 5.75 Å². The maximum Gasteiger partial charge on any atom is 0.273 e. The normalized spacial score (nSPS) is 11.9. The second kappa shape index (κ2) is 15.9. The molecular formula is C35H36ClFN4O7S. The van der Waals surface area contributed by atoms with E-state index in [9.17, 15) is 28.1 Å². The van der Waals surface area contributed by atoms with Gasteiger partial charge in [0.1, 0.15) is 24.2 Å². The highest BCUT2D eigenvalue weighted by Crippen LogP contribution is 2.36. The number of hydrogen-bond donors (Lipinski definition) is 1. The van der Waals surface area contributed by atoms with Gasteiger partial charge in [0.15, 0.2) is 0 Å². The Balaban J connectivity index is 1.90. The van der Waals surface area contributed by atoms with E-state index >= 15 is 4.39 Å². The Labute approximate surface area is 289 Å². The number of nitrogens with zero attached hydrogens (tertiary/aromatic N) is 3. The van der Waals surface area contributed by atoms with Crippen molar-refractivity contribution >= 4 is 44.8 Å². The van der Waals surface area contributed by atoms with Gasteiger partial charge < -0.3 is 15.0 Å². The molecule has 0 aliphatic heterocycles. The van der Waals surface area contributed by atoms with E-state index < -0.39 is 55.7 Å². The molecule has 4 rings (SSSR count). The van der Waals surface area contributed by atoms with Gasteiger partial charge in [0.05, 0.1) is 22.6 Å². The third-order valence-electron chi connectivity index (χ3n) is 7.65.